The van der Waals surface area contributed by atoms with Crippen LogP contribution in [0.2, 0.25) is 0 Å². The van der Waals surface area contributed by atoms with Crippen molar-refractivity contribution in [3.63, 3.8) is 0 Å². The molecule has 0 aliphatic heterocycles. The molecule has 9 heteroatoms. The van der Waals surface area contributed by atoms with Crippen molar-refractivity contribution in [1.29, 1.82) is 0 Å². The van der Waals surface area contributed by atoms with E-state index < -0.39 is 17.2 Å². The Labute approximate surface area is 63.7 Å². The fraction of sp³-hybridized carbons (Fsp3) is 0. The smallest absolute Gasteiger partial charge is 0.324 e. The SMILES string of the molecule is OP(O)O.OP(O)O.[Ni]. The van der Waals surface area contributed by atoms with Crippen LogP contribution < -0.4 is 0 Å². The molecule has 0 saturated heterocycles. The molecule has 9 heavy (non-hydrogen) atoms. The average molecular weight is 223 g/mol. The second kappa shape index (κ2) is 11.9. The summed E-state index contributed by atoms with van der Waals surface area (Å²) in [5.41, 5.74) is 0. The first kappa shape index (κ1) is 16.6. The molecule has 0 bridgehead atoms. The number of rotatable bonds is 0. The molecule has 6 nitrogen and oxygen atoms in total. The largest absolute Gasteiger partial charge is 0.328 e. The molecule has 0 amide bonds. The summed E-state index contributed by atoms with van der Waals surface area (Å²) in [6.45, 7) is 0. The van der Waals surface area contributed by atoms with Crippen LogP contribution in [-0.4, -0.2) is 29.4 Å². The van der Waals surface area contributed by atoms with Gasteiger partial charge in [0.2, 0.25) is 0 Å². The van der Waals surface area contributed by atoms with Crippen LogP contribution in [-0.2, 0) is 16.5 Å². The zero-order valence-corrected chi connectivity index (χ0v) is 6.67. The van der Waals surface area contributed by atoms with E-state index in [9.17, 15) is 0 Å². The third-order valence-electron chi connectivity index (χ3n) is 0. The quantitative estimate of drug-likeness (QED) is 0.216. The summed E-state index contributed by atoms with van der Waals surface area (Å²) in [7, 11) is -5.24. The molecule has 0 unspecified atom stereocenters. The molecule has 0 saturated carbocycles. The summed E-state index contributed by atoms with van der Waals surface area (Å²) in [6.07, 6.45) is 0. The molecule has 0 fully saturated rings. The Morgan fingerprint density at radius 2 is 0.556 bits per heavy atom. The fourth-order valence-electron chi connectivity index (χ4n) is 0. The van der Waals surface area contributed by atoms with E-state index in [-0.39, 0.29) is 16.5 Å². The van der Waals surface area contributed by atoms with Crippen molar-refractivity contribution in [2.45, 2.75) is 0 Å². The van der Waals surface area contributed by atoms with Crippen molar-refractivity contribution in [2.75, 3.05) is 0 Å². The molecule has 0 aromatic rings. The summed E-state index contributed by atoms with van der Waals surface area (Å²) in [5.74, 6) is 0. The van der Waals surface area contributed by atoms with E-state index >= 15 is 0 Å². The third kappa shape index (κ3) is 372. The van der Waals surface area contributed by atoms with Crippen LogP contribution in [0.25, 0.3) is 0 Å². The predicted octanol–water partition coefficient (Wildman–Crippen LogP) is -1.62. The number of hydrogen-bond acceptors (Lipinski definition) is 6. The van der Waals surface area contributed by atoms with Gasteiger partial charge in [-0.1, -0.05) is 0 Å². The zero-order chi connectivity index (χ0) is 7.15. The minimum absolute atomic E-state index is 0. The maximum absolute atomic E-state index is 7.23. The summed E-state index contributed by atoms with van der Waals surface area (Å²) >= 11 is 0. The van der Waals surface area contributed by atoms with Gasteiger partial charge in [-0.05, 0) is 0 Å². The van der Waals surface area contributed by atoms with Gasteiger partial charge in [0.1, 0.15) is 0 Å². The van der Waals surface area contributed by atoms with Gasteiger partial charge in [0.25, 0.3) is 0 Å². The van der Waals surface area contributed by atoms with Crippen LogP contribution in [0.3, 0.4) is 0 Å². The molecule has 0 atom stereocenters. The van der Waals surface area contributed by atoms with Crippen molar-refractivity contribution < 1.29 is 45.9 Å². The Hall–Kier alpha value is 1.11. The second-order valence-corrected chi connectivity index (χ2v) is 1.61. The Morgan fingerprint density at radius 1 is 0.556 bits per heavy atom. The first-order valence-electron chi connectivity index (χ1n) is 1.20. The van der Waals surface area contributed by atoms with Crippen LogP contribution >= 0.6 is 17.2 Å². The normalized spacial score (nSPS) is 8.00. The van der Waals surface area contributed by atoms with Crippen LogP contribution in [0, 0.1) is 0 Å². The Bertz CT molecular complexity index is 26.5. The van der Waals surface area contributed by atoms with Gasteiger partial charge in [-0.25, -0.2) is 0 Å². The van der Waals surface area contributed by atoms with E-state index in [1.807, 2.05) is 0 Å². The molecule has 0 heterocycles. The molecule has 0 aromatic carbocycles. The maximum atomic E-state index is 7.23. The molecule has 0 spiro atoms. The summed E-state index contributed by atoms with van der Waals surface area (Å²) in [4.78, 5) is 43.4. The van der Waals surface area contributed by atoms with Crippen LogP contribution in [0.15, 0.2) is 0 Å². The van der Waals surface area contributed by atoms with E-state index in [2.05, 4.69) is 0 Å². The maximum Gasteiger partial charge on any atom is 0.324 e. The molecule has 0 aromatic heterocycles. The van der Waals surface area contributed by atoms with Gasteiger partial charge in [0.05, 0.1) is 0 Å². The van der Waals surface area contributed by atoms with Crippen molar-refractivity contribution in [1.82, 2.24) is 0 Å². The van der Waals surface area contributed by atoms with E-state index in [4.69, 9.17) is 29.4 Å². The summed E-state index contributed by atoms with van der Waals surface area (Å²) in [5, 5.41) is 0. The molecular formula is H6NiO6P2. The van der Waals surface area contributed by atoms with Gasteiger partial charge in [0.15, 0.2) is 0 Å². The van der Waals surface area contributed by atoms with Gasteiger partial charge in [-0.2, -0.15) is 0 Å². The number of hydrogen-bond donors (Lipinski definition) is 6. The van der Waals surface area contributed by atoms with Crippen molar-refractivity contribution in [3.8, 4) is 0 Å². The third-order valence-corrected chi connectivity index (χ3v) is 0. The molecule has 0 radical (unpaired) electrons. The van der Waals surface area contributed by atoms with E-state index in [1.165, 1.54) is 0 Å². The minimum atomic E-state index is -2.62. The molecule has 0 aliphatic rings. The van der Waals surface area contributed by atoms with E-state index in [0.717, 1.165) is 0 Å². The first-order chi connectivity index (χ1) is 3.46. The van der Waals surface area contributed by atoms with Crippen molar-refractivity contribution in [3.05, 3.63) is 0 Å². The monoisotopic (exact) mass is 222 g/mol. The van der Waals surface area contributed by atoms with Crippen LogP contribution in [0.1, 0.15) is 0 Å². The molecule has 0 rings (SSSR count). The van der Waals surface area contributed by atoms with E-state index in [1.54, 1.807) is 0 Å². The molecule has 62 valence electrons. The topological polar surface area (TPSA) is 121 Å². The van der Waals surface area contributed by atoms with Crippen molar-refractivity contribution >= 4 is 17.2 Å². The van der Waals surface area contributed by atoms with Crippen molar-refractivity contribution in [2.24, 2.45) is 0 Å². The molecule has 6 N–H and O–H groups in total. The zero-order valence-electron chi connectivity index (χ0n) is 3.89. The summed E-state index contributed by atoms with van der Waals surface area (Å²) < 4.78 is 0. The van der Waals surface area contributed by atoms with Gasteiger partial charge < -0.3 is 29.4 Å². The Balaban J connectivity index is -0.0000000720. The Kier molecular flexibility index (Phi) is 21.9. The standard InChI is InChI=1S/Ni.2H3O3P/c;2*1-4(2)3/h;2*1-3H. The van der Waals surface area contributed by atoms with Gasteiger partial charge in [-0.15, -0.1) is 0 Å². The minimum Gasteiger partial charge on any atom is -0.328 e. The van der Waals surface area contributed by atoms with Crippen LogP contribution in [0.4, 0.5) is 0 Å². The Morgan fingerprint density at radius 3 is 0.556 bits per heavy atom. The predicted molar refractivity (Wildman–Crippen MR) is 27.2 cm³/mol. The van der Waals surface area contributed by atoms with E-state index in [0.29, 0.717) is 0 Å². The molecular weight excluding hydrogens is 217 g/mol. The van der Waals surface area contributed by atoms with Gasteiger partial charge >= 0.3 is 17.2 Å². The first-order valence-corrected chi connectivity index (χ1v) is 3.60. The molecule has 0 aliphatic carbocycles. The van der Waals surface area contributed by atoms with Gasteiger partial charge in [-0.3, -0.25) is 0 Å². The second-order valence-electron chi connectivity index (χ2n) is 0.537. The summed E-state index contributed by atoms with van der Waals surface area (Å²) in [6, 6.07) is 0. The van der Waals surface area contributed by atoms with Crippen LogP contribution in [0.5, 0.6) is 0 Å². The average Bonchev–Trinajstić information content (AvgIpc) is 1.25. The fourth-order valence-corrected chi connectivity index (χ4v) is 0. The van der Waals surface area contributed by atoms with Gasteiger partial charge in [0, 0.05) is 16.5 Å².